The van der Waals surface area contributed by atoms with Gasteiger partial charge in [0.25, 0.3) is 0 Å². The third-order valence-electron chi connectivity index (χ3n) is 3.31. The molecule has 0 spiro atoms. The SMILES string of the molecule is CCN(CCOc1ccc(C#CCN)cc1)C1CC1. The lowest BCUT2D eigenvalue weighted by Gasteiger charge is -2.19. The van der Waals surface area contributed by atoms with Crippen LogP contribution in [0.2, 0.25) is 0 Å². The summed E-state index contributed by atoms with van der Waals surface area (Å²) in [5, 5.41) is 0. The lowest BCUT2D eigenvalue weighted by Crippen LogP contribution is -2.30. The van der Waals surface area contributed by atoms with Crippen LogP contribution in [0.25, 0.3) is 0 Å². The van der Waals surface area contributed by atoms with E-state index < -0.39 is 0 Å². The molecule has 102 valence electrons. The first-order valence-electron chi connectivity index (χ1n) is 6.99. The van der Waals surface area contributed by atoms with E-state index >= 15 is 0 Å². The summed E-state index contributed by atoms with van der Waals surface area (Å²) in [6, 6.07) is 8.68. The van der Waals surface area contributed by atoms with E-state index in [2.05, 4.69) is 23.7 Å². The van der Waals surface area contributed by atoms with Gasteiger partial charge in [0.05, 0.1) is 6.54 Å². The highest BCUT2D eigenvalue weighted by Gasteiger charge is 2.27. The summed E-state index contributed by atoms with van der Waals surface area (Å²) in [5.41, 5.74) is 6.32. The third-order valence-corrected chi connectivity index (χ3v) is 3.31. The third kappa shape index (κ3) is 4.59. The van der Waals surface area contributed by atoms with E-state index in [1.165, 1.54) is 12.8 Å². The minimum Gasteiger partial charge on any atom is -0.492 e. The van der Waals surface area contributed by atoms with Gasteiger partial charge in [0, 0.05) is 18.2 Å². The second-order valence-electron chi connectivity index (χ2n) is 4.74. The largest absolute Gasteiger partial charge is 0.492 e. The standard InChI is InChI=1S/C16H22N2O/c1-2-18(15-7-8-15)12-13-19-16-9-5-14(6-10-16)4-3-11-17/h5-6,9-10,15H,2,7-8,11-13,17H2,1H3. The molecule has 1 aliphatic rings. The summed E-state index contributed by atoms with van der Waals surface area (Å²) in [6.07, 6.45) is 2.70. The van der Waals surface area contributed by atoms with E-state index in [1.54, 1.807) is 0 Å². The van der Waals surface area contributed by atoms with Crippen LogP contribution in [0, 0.1) is 11.8 Å². The molecule has 3 nitrogen and oxygen atoms in total. The van der Waals surface area contributed by atoms with Crippen LogP contribution in [0.5, 0.6) is 5.75 Å². The van der Waals surface area contributed by atoms with Crippen molar-refractivity contribution in [3.05, 3.63) is 29.8 Å². The zero-order chi connectivity index (χ0) is 13.5. The normalized spacial score (nSPS) is 14.1. The molecule has 19 heavy (non-hydrogen) atoms. The fourth-order valence-corrected chi connectivity index (χ4v) is 2.11. The van der Waals surface area contributed by atoms with E-state index in [1.807, 2.05) is 24.3 Å². The highest BCUT2D eigenvalue weighted by atomic mass is 16.5. The van der Waals surface area contributed by atoms with Gasteiger partial charge in [0.2, 0.25) is 0 Å². The number of nitrogens with two attached hydrogens (primary N) is 1. The van der Waals surface area contributed by atoms with Crippen LogP contribution in [0.3, 0.4) is 0 Å². The Kier molecular flexibility index (Phi) is 5.26. The molecular formula is C16H22N2O. The highest BCUT2D eigenvalue weighted by Crippen LogP contribution is 2.26. The fraction of sp³-hybridized carbons (Fsp3) is 0.500. The van der Waals surface area contributed by atoms with Crippen LogP contribution in [0.1, 0.15) is 25.3 Å². The summed E-state index contributed by atoms with van der Waals surface area (Å²) in [5.74, 6) is 6.75. The second-order valence-corrected chi connectivity index (χ2v) is 4.74. The number of rotatable bonds is 6. The molecule has 0 amide bonds. The number of nitrogens with zero attached hydrogens (tertiary/aromatic N) is 1. The zero-order valence-corrected chi connectivity index (χ0v) is 11.6. The molecule has 3 heteroatoms. The molecule has 1 aliphatic carbocycles. The van der Waals surface area contributed by atoms with E-state index in [0.717, 1.165) is 37.1 Å². The Bertz CT molecular complexity index is 440. The molecule has 1 saturated carbocycles. The predicted molar refractivity (Wildman–Crippen MR) is 78.1 cm³/mol. The van der Waals surface area contributed by atoms with Gasteiger partial charge in [-0.15, -0.1) is 0 Å². The molecule has 1 aromatic rings. The number of ether oxygens (including phenoxy) is 1. The molecular weight excluding hydrogens is 236 g/mol. The van der Waals surface area contributed by atoms with Crippen LogP contribution >= 0.6 is 0 Å². The smallest absolute Gasteiger partial charge is 0.119 e. The first-order chi connectivity index (χ1) is 9.33. The van der Waals surface area contributed by atoms with E-state index in [4.69, 9.17) is 10.5 Å². The molecule has 0 saturated heterocycles. The van der Waals surface area contributed by atoms with Crippen molar-refractivity contribution in [1.29, 1.82) is 0 Å². The van der Waals surface area contributed by atoms with Gasteiger partial charge in [-0.1, -0.05) is 18.8 Å². The lowest BCUT2D eigenvalue weighted by molar-refractivity contribution is 0.209. The molecule has 2 N–H and O–H groups in total. The first-order valence-corrected chi connectivity index (χ1v) is 6.99. The van der Waals surface area contributed by atoms with Crippen LogP contribution in [0.4, 0.5) is 0 Å². The van der Waals surface area contributed by atoms with E-state index in [9.17, 15) is 0 Å². The molecule has 0 radical (unpaired) electrons. The van der Waals surface area contributed by atoms with Gasteiger partial charge in [-0.05, 0) is 43.7 Å². The Balaban J connectivity index is 1.76. The monoisotopic (exact) mass is 258 g/mol. The zero-order valence-electron chi connectivity index (χ0n) is 11.6. The van der Waals surface area contributed by atoms with Gasteiger partial charge in [-0.25, -0.2) is 0 Å². The van der Waals surface area contributed by atoms with Crippen LogP contribution in [-0.2, 0) is 0 Å². The lowest BCUT2D eigenvalue weighted by atomic mass is 10.2. The van der Waals surface area contributed by atoms with Crippen molar-refractivity contribution in [1.82, 2.24) is 4.90 Å². The van der Waals surface area contributed by atoms with Crippen molar-refractivity contribution in [2.45, 2.75) is 25.8 Å². The molecule has 0 aromatic heterocycles. The minimum absolute atomic E-state index is 0.395. The van der Waals surface area contributed by atoms with Crippen molar-refractivity contribution in [2.75, 3.05) is 26.2 Å². The number of likely N-dealkylation sites (N-methyl/N-ethyl adjacent to an activating group) is 1. The molecule has 0 atom stereocenters. The first kappa shape index (κ1) is 13.9. The van der Waals surface area contributed by atoms with Crippen molar-refractivity contribution in [3.8, 4) is 17.6 Å². The van der Waals surface area contributed by atoms with Crippen molar-refractivity contribution >= 4 is 0 Å². The van der Waals surface area contributed by atoms with Gasteiger partial charge < -0.3 is 10.5 Å². The van der Waals surface area contributed by atoms with E-state index in [-0.39, 0.29) is 0 Å². The predicted octanol–water partition coefficient (Wildman–Crippen LogP) is 1.86. The molecule has 2 rings (SSSR count). The van der Waals surface area contributed by atoms with Crippen LogP contribution in [-0.4, -0.2) is 37.2 Å². The summed E-state index contributed by atoms with van der Waals surface area (Å²) >= 11 is 0. The summed E-state index contributed by atoms with van der Waals surface area (Å²) in [7, 11) is 0. The Morgan fingerprint density at radius 1 is 1.32 bits per heavy atom. The highest BCUT2D eigenvalue weighted by molar-refractivity contribution is 5.38. The van der Waals surface area contributed by atoms with Gasteiger partial charge >= 0.3 is 0 Å². The summed E-state index contributed by atoms with van der Waals surface area (Å²) in [6.45, 7) is 5.48. The number of hydrogen-bond donors (Lipinski definition) is 1. The maximum absolute atomic E-state index is 5.76. The summed E-state index contributed by atoms with van der Waals surface area (Å²) in [4.78, 5) is 2.49. The van der Waals surface area contributed by atoms with Crippen LogP contribution < -0.4 is 10.5 Å². The van der Waals surface area contributed by atoms with Gasteiger partial charge in [-0.3, -0.25) is 4.90 Å². The Morgan fingerprint density at radius 2 is 2.05 bits per heavy atom. The van der Waals surface area contributed by atoms with Crippen LogP contribution in [0.15, 0.2) is 24.3 Å². The average Bonchev–Trinajstić information content (AvgIpc) is 3.27. The van der Waals surface area contributed by atoms with Crippen molar-refractivity contribution in [2.24, 2.45) is 5.73 Å². The average molecular weight is 258 g/mol. The molecule has 0 unspecified atom stereocenters. The van der Waals surface area contributed by atoms with E-state index in [0.29, 0.717) is 6.54 Å². The van der Waals surface area contributed by atoms with Gasteiger partial charge in [0.15, 0.2) is 0 Å². The number of benzene rings is 1. The maximum Gasteiger partial charge on any atom is 0.119 e. The molecule has 0 heterocycles. The molecule has 1 fully saturated rings. The topological polar surface area (TPSA) is 38.5 Å². The second kappa shape index (κ2) is 7.18. The van der Waals surface area contributed by atoms with Gasteiger partial charge in [0.1, 0.15) is 12.4 Å². The quantitative estimate of drug-likeness (QED) is 0.792. The minimum atomic E-state index is 0.395. The Morgan fingerprint density at radius 3 is 2.63 bits per heavy atom. The number of hydrogen-bond acceptors (Lipinski definition) is 3. The van der Waals surface area contributed by atoms with Crippen molar-refractivity contribution < 1.29 is 4.74 Å². The molecule has 0 bridgehead atoms. The Hall–Kier alpha value is -1.50. The van der Waals surface area contributed by atoms with Crippen molar-refractivity contribution in [3.63, 3.8) is 0 Å². The molecule has 1 aromatic carbocycles. The summed E-state index contributed by atoms with van der Waals surface area (Å²) < 4.78 is 5.76. The Labute approximate surface area is 115 Å². The maximum atomic E-state index is 5.76. The molecule has 0 aliphatic heterocycles. The fourth-order valence-electron chi connectivity index (χ4n) is 2.11. The van der Waals surface area contributed by atoms with Gasteiger partial charge in [-0.2, -0.15) is 0 Å².